The van der Waals surface area contributed by atoms with E-state index in [2.05, 4.69) is 5.43 Å². The fourth-order valence-corrected chi connectivity index (χ4v) is 3.55. The van der Waals surface area contributed by atoms with Crippen LogP contribution >= 0.6 is 12.2 Å². The number of amides is 1. The molecular weight excluding hydrogens is 412 g/mol. The lowest BCUT2D eigenvalue weighted by Crippen LogP contribution is -2.36. The van der Waals surface area contributed by atoms with Gasteiger partial charge >= 0.3 is 0 Å². The summed E-state index contributed by atoms with van der Waals surface area (Å²) in [6.07, 6.45) is 0.233. The van der Waals surface area contributed by atoms with Gasteiger partial charge in [-0.3, -0.25) is 10.2 Å². The van der Waals surface area contributed by atoms with E-state index in [-0.39, 0.29) is 18.1 Å². The molecule has 0 radical (unpaired) electrons. The predicted molar refractivity (Wildman–Crippen MR) is 123 cm³/mol. The summed E-state index contributed by atoms with van der Waals surface area (Å²) in [7, 11) is 1.72. The molecule has 1 amide bonds. The third-order valence-electron chi connectivity index (χ3n) is 4.54. The second-order valence-corrected chi connectivity index (χ2v) is 8.15. The van der Waals surface area contributed by atoms with E-state index in [0.29, 0.717) is 11.5 Å². The zero-order chi connectivity index (χ0) is 22.4. The van der Waals surface area contributed by atoms with E-state index in [4.69, 9.17) is 8.92 Å². The van der Waals surface area contributed by atoms with Crippen LogP contribution in [0.5, 0.6) is 23.0 Å². The number of carbonyl (C=O) groups is 1. The quantitative estimate of drug-likeness (QED) is 0.284. The molecule has 0 aromatic heterocycles. The van der Waals surface area contributed by atoms with Crippen molar-refractivity contribution in [3.05, 3.63) is 82.9 Å². The molecule has 0 bridgehead atoms. The Hall–Kier alpha value is -3.16. The Morgan fingerprint density at radius 2 is 1.65 bits per heavy atom. The zero-order valence-electron chi connectivity index (χ0n) is 18.0. The second-order valence-electron chi connectivity index (χ2n) is 7.29. The van der Waals surface area contributed by atoms with E-state index in [0.717, 1.165) is 40.2 Å². The first-order valence-electron chi connectivity index (χ1n) is 9.82. The molecule has 2 N–H and O–H groups in total. The SMILES string of the molecule is Cc1cc(Oc2c(C)cc(CC(=O)NN(C)SOc3ccccc3)cc2C)ccc1O. The number of benzene rings is 3. The number of aromatic hydroxyl groups is 1. The van der Waals surface area contributed by atoms with E-state index in [1.54, 1.807) is 25.2 Å². The molecule has 3 aromatic carbocycles. The number of rotatable bonds is 8. The third kappa shape index (κ3) is 6.41. The fourth-order valence-electron chi connectivity index (χ4n) is 3.11. The first kappa shape index (κ1) is 22.5. The van der Waals surface area contributed by atoms with Crippen LogP contribution < -0.4 is 14.3 Å². The van der Waals surface area contributed by atoms with Crippen molar-refractivity contribution in [2.24, 2.45) is 0 Å². The van der Waals surface area contributed by atoms with Gasteiger partial charge in [-0.1, -0.05) is 30.3 Å². The molecule has 0 heterocycles. The predicted octanol–water partition coefficient (Wildman–Crippen LogP) is 5.26. The first-order chi connectivity index (χ1) is 14.8. The number of hydrazine groups is 1. The Kier molecular flexibility index (Phi) is 7.44. The lowest BCUT2D eigenvalue weighted by atomic mass is 10.0. The van der Waals surface area contributed by atoms with Crippen LogP contribution in [0.4, 0.5) is 0 Å². The molecule has 0 unspecified atom stereocenters. The minimum atomic E-state index is -0.145. The topological polar surface area (TPSA) is 71.0 Å². The van der Waals surface area contributed by atoms with E-state index in [9.17, 15) is 9.90 Å². The van der Waals surface area contributed by atoms with Gasteiger partial charge in [0.15, 0.2) is 12.2 Å². The summed E-state index contributed by atoms with van der Waals surface area (Å²) in [5, 5.41) is 9.69. The van der Waals surface area contributed by atoms with Crippen LogP contribution in [0.2, 0.25) is 0 Å². The average molecular weight is 439 g/mol. The van der Waals surface area contributed by atoms with Gasteiger partial charge in [0.05, 0.1) is 6.42 Å². The highest BCUT2D eigenvalue weighted by Gasteiger charge is 2.13. The Morgan fingerprint density at radius 1 is 0.968 bits per heavy atom. The van der Waals surface area contributed by atoms with Gasteiger partial charge in [0, 0.05) is 7.05 Å². The third-order valence-corrected chi connectivity index (χ3v) is 5.13. The molecule has 0 saturated carbocycles. The smallest absolute Gasteiger partial charge is 0.239 e. The van der Waals surface area contributed by atoms with Crippen molar-refractivity contribution in [2.45, 2.75) is 27.2 Å². The van der Waals surface area contributed by atoms with Gasteiger partial charge in [0.1, 0.15) is 23.0 Å². The molecule has 3 aromatic rings. The minimum Gasteiger partial charge on any atom is -0.508 e. The molecule has 0 fully saturated rings. The molecule has 0 aliphatic rings. The number of carbonyl (C=O) groups excluding carboxylic acids is 1. The summed E-state index contributed by atoms with van der Waals surface area (Å²) < 4.78 is 13.1. The van der Waals surface area contributed by atoms with Crippen LogP contribution in [-0.2, 0) is 11.2 Å². The molecule has 3 rings (SSSR count). The maximum absolute atomic E-state index is 12.4. The number of para-hydroxylation sites is 1. The number of phenols is 1. The molecule has 0 spiro atoms. The van der Waals surface area contributed by atoms with Gasteiger partial charge in [-0.05, 0) is 73.4 Å². The number of hydrogen-bond acceptors (Lipinski definition) is 6. The van der Waals surface area contributed by atoms with E-state index >= 15 is 0 Å². The van der Waals surface area contributed by atoms with Crippen molar-refractivity contribution in [1.82, 2.24) is 9.84 Å². The molecular formula is C24H26N2O4S. The molecule has 0 atom stereocenters. The lowest BCUT2D eigenvalue weighted by molar-refractivity contribution is -0.122. The summed E-state index contributed by atoms with van der Waals surface area (Å²) in [6.45, 7) is 5.73. The van der Waals surface area contributed by atoms with Gasteiger partial charge < -0.3 is 14.0 Å². The number of aryl methyl sites for hydroxylation is 3. The van der Waals surface area contributed by atoms with Crippen LogP contribution in [-0.4, -0.2) is 22.5 Å². The summed E-state index contributed by atoms with van der Waals surface area (Å²) in [5.41, 5.74) is 6.29. The zero-order valence-corrected chi connectivity index (χ0v) is 18.8. The van der Waals surface area contributed by atoms with Crippen LogP contribution in [0.3, 0.4) is 0 Å². The van der Waals surface area contributed by atoms with E-state index in [1.807, 2.05) is 63.2 Å². The Bertz CT molecular complexity index is 1030. The van der Waals surface area contributed by atoms with E-state index < -0.39 is 0 Å². The number of nitrogens with one attached hydrogen (secondary N) is 1. The number of phenolic OH excluding ortho intramolecular Hbond substituents is 1. The summed E-state index contributed by atoms with van der Waals surface area (Å²) in [6, 6.07) is 18.4. The van der Waals surface area contributed by atoms with Crippen LogP contribution in [0.25, 0.3) is 0 Å². The summed E-state index contributed by atoms with van der Waals surface area (Å²) in [4.78, 5) is 12.4. The molecule has 0 aliphatic heterocycles. The molecule has 0 aliphatic carbocycles. The van der Waals surface area contributed by atoms with Crippen molar-refractivity contribution in [3.63, 3.8) is 0 Å². The lowest BCUT2D eigenvalue weighted by Gasteiger charge is -2.17. The Balaban J connectivity index is 1.58. The number of hydrogen-bond donors (Lipinski definition) is 2. The standard InChI is InChI=1S/C24H26N2O4S/c1-16-14-21(10-11-22(16)27)29-24-17(2)12-19(13-18(24)3)15-23(28)25-26(4)31-30-20-8-6-5-7-9-20/h5-14,27H,15H2,1-4H3,(H,25,28). The van der Waals surface area contributed by atoms with Crippen molar-refractivity contribution in [2.75, 3.05) is 7.05 Å². The van der Waals surface area contributed by atoms with Crippen molar-refractivity contribution in [1.29, 1.82) is 0 Å². The van der Waals surface area contributed by atoms with Gasteiger partial charge in [-0.15, -0.1) is 4.41 Å². The van der Waals surface area contributed by atoms with Gasteiger partial charge in [-0.25, -0.2) is 0 Å². The second kappa shape index (κ2) is 10.2. The van der Waals surface area contributed by atoms with Gasteiger partial charge in [-0.2, -0.15) is 0 Å². The van der Waals surface area contributed by atoms with E-state index in [1.165, 1.54) is 4.41 Å². The van der Waals surface area contributed by atoms with Crippen molar-refractivity contribution < 1.29 is 18.8 Å². The Labute approximate surface area is 187 Å². The molecule has 31 heavy (non-hydrogen) atoms. The monoisotopic (exact) mass is 438 g/mol. The summed E-state index contributed by atoms with van der Waals surface area (Å²) >= 11 is 1.04. The van der Waals surface area contributed by atoms with Gasteiger partial charge in [0.2, 0.25) is 5.91 Å². The first-order valence-corrected chi connectivity index (χ1v) is 10.5. The molecule has 162 valence electrons. The highest BCUT2D eigenvalue weighted by atomic mass is 32.2. The van der Waals surface area contributed by atoms with Crippen molar-refractivity contribution >= 4 is 18.1 Å². The van der Waals surface area contributed by atoms with Gasteiger partial charge in [0.25, 0.3) is 0 Å². The average Bonchev–Trinajstić information content (AvgIpc) is 2.72. The van der Waals surface area contributed by atoms with Crippen LogP contribution in [0.15, 0.2) is 60.7 Å². The number of nitrogens with zero attached hydrogens (tertiary/aromatic N) is 1. The minimum absolute atomic E-state index is 0.145. The Morgan fingerprint density at radius 3 is 2.29 bits per heavy atom. The highest BCUT2D eigenvalue weighted by Crippen LogP contribution is 2.32. The van der Waals surface area contributed by atoms with Crippen LogP contribution in [0.1, 0.15) is 22.3 Å². The number of ether oxygens (including phenoxy) is 1. The van der Waals surface area contributed by atoms with Crippen LogP contribution in [0, 0.1) is 20.8 Å². The molecule has 6 nitrogen and oxygen atoms in total. The highest BCUT2D eigenvalue weighted by molar-refractivity contribution is 7.92. The summed E-state index contributed by atoms with van der Waals surface area (Å²) in [5.74, 6) is 2.20. The fraction of sp³-hybridized carbons (Fsp3) is 0.208. The molecule has 0 saturated heterocycles. The normalized spacial score (nSPS) is 10.7. The largest absolute Gasteiger partial charge is 0.508 e. The maximum Gasteiger partial charge on any atom is 0.239 e. The maximum atomic E-state index is 12.4. The molecule has 7 heteroatoms. The van der Waals surface area contributed by atoms with Crippen molar-refractivity contribution in [3.8, 4) is 23.0 Å².